The molecular formula is C10H18ClN3O3S. The zero-order valence-corrected chi connectivity index (χ0v) is 12.0. The predicted octanol–water partition coefficient (Wildman–Crippen LogP) is 0.873. The number of aromatic nitrogens is 1. The van der Waals surface area contributed by atoms with E-state index in [4.69, 9.17) is 10.3 Å². The third-order valence-electron chi connectivity index (χ3n) is 3.20. The lowest BCUT2D eigenvalue weighted by atomic mass is 9.78. The molecule has 1 heterocycles. The van der Waals surface area contributed by atoms with Crippen LogP contribution in [0.3, 0.4) is 0 Å². The number of hydrogen-bond acceptors (Lipinski definition) is 5. The average Bonchev–Trinajstić information content (AvgIpc) is 2.53. The Kier molecular flexibility index (Phi) is 4.42. The van der Waals surface area contributed by atoms with Crippen molar-refractivity contribution in [2.24, 2.45) is 5.73 Å². The quantitative estimate of drug-likeness (QED) is 0.859. The summed E-state index contributed by atoms with van der Waals surface area (Å²) in [7, 11) is -3.57. The highest BCUT2D eigenvalue weighted by Gasteiger charge is 2.34. The third kappa shape index (κ3) is 2.85. The van der Waals surface area contributed by atoms with E-state index in [0.717, 1.165) is 19.3 Å². The van der Waals surface area contributed by atoms with Crippen LogP contribution in [-0.4, -0.2) is 25.7 Å². The Morgan fingerprint density at radius 3 is 2.44 bits per heavy atom. The van der Waals surface area contributed by atoms with Gasteiger partial charge in [0.15, 0.2) is 5.76 Å². The second kappa shape index (κ2) is 5.16. The lowest BCUT2D eigenvalue weighted by Gasteiger charge is -2.37. The summed E-state index contributed by atoms with van der Waals surface area (Å²) in [6.07, 6.45) is 2.78. The molecule has 0 aromatic carbocycles. The highest BCUT2D eigenvalue weighted by molar-refractivity contribution is 7.89. The van der Waals surface area contributed by atoms with Gasteiger partial charge in [-0.25, -0.2) is 13.1 Å². The van der Waals surface area contributed by atoms with Gasteiger partial charge < -0.3 is 10.3 Å². The molecule has 0 bridgehead atoms. The summed E-state index contributed by atoms with van der Waals surface area (Å²) in [5, 5.41) is 3.64. The van der Waals surface area contributed by atoms with Gasteiger partial charge in [0.25, 0.3) is 0 Å². The maximum atomic E-state index is 12.1. The van der Waals surface area contributed by atoms with Crippen LogP contribution in [0, 0.1) is 13.8 Å². The largest absolute Gasteiger partial charge is 0.360 e. The zero-order chi connectivity index (χ0) is 12.7. The molecule has 18 heavy (non-hydrogen) atoms. The molecule has 8 heteroatoms. The number of sulfonamides is 1. The SMILES string of the molecule is Cc1noc(C)c1S(=O)(=O)NCC1(N)CCC1.Cl. The van der Waals surface area contributed by atoms with Crippen molar-refractivity contribution in [1.29, 1.82) is 0 Å². The fraction of sp³-hybridized carbons (Fsp3) is 0.700. The average molecular weight is 296 g/mol. The Hall–Kier alpha value is -0.630. The monoisotopic (exact) mass is 295 g/mol. The summed E-state index contributed by atoms with van der Waals surface area (Å²) >= 11 is 0. The first-order chi connectivity index (χ1) is 7.84. The summed E-state index contributed by atoms with van der Waals surface area (Å²) in [6.45, 7) is 3.45. The van der Waals surface area contributed by atoms with Crippen molar-refractivity contribution in [2.75, 3.05) is 6.54 Å². The molecule has 1 aliphatic rings. The molecule has 104 valence electrons. The van der Waals surface area contributed by atoms with Crippen LogP contribution in [0.15, 0.2) is 9.42 Å². The number of nitrogens with one attached hydrogen (secondary N) is 1. The molecule has 0 unspecified atom stereocenters. The van der Waals surface area contributed by atoms with Crippen molar-refractivity contribution >= 4 is 22.4 Å². The molecule has 1 saturated carbocycles. The van der Waals surface area contributed by atoms with Gasteiger partial charge in [0, 0.05) is 12.1 Å². The normalized spacial score (nSPS) is 17.9. The third-order valence-corrected chi connectivity index (χ3v) is 4.84. The molecule has 0 spiro atoms. The number of hydrogen-bond donors (Lipinski definition) is 2. The first-order valence-electron chi connectivity index (χ1n) is 5.55. The fourth-order valence-corrected chi connectivity index (χ4v) is 3.44. The Morgan fingerprint density at radius 1 is 1.44 bits per heavy atom. The molecule has 1 aromatic heterocycles. The number of rotatable bonds is 4. The number of aryl methyl sites for hydroxylation is 2. The number of halogens is 1. The van der Waals surface area contributed by atoms with Crippen LogP contribution in [0.2, 0.25) is 0 Å². The lowest BCUT2D eigenvalue weighted by molar-refractivity contribution is 0.251. The maximum absolute atomic E-state index is 12.1. The maximum Gasteiger partial charge on any atom is 0.246 e. The topological polar surface area (TPSA) is 98.2 Å². The van der Waals surface area contributed by atoms with Gasteiger partial charge in [-0.2, -0.15) is 0 Å². The standard InChI is InChI=1S/C10H17N3O3S.ClH/c1-7-9(8(2)16-13-7)17(14,15)12-6-10(11)4-3-5-10;/h12H,3-6,11H2,1-2H3;1H. The molecule has 0 radical (unpaired) electrons. The summed E-state index contributed by atoms with van der Waals surface area (Å²) in [6, 6.07) is 0. The van der Waals surface area contributed by atoms with Crippen LogP contribution in [0.4, 0.5) is 0 Å². The van der Waals surface area contributed by atoms with Gasteiger partial charge >= 0.3 is 0 Å². The van der Waals surface area contributed by atoms with Crippen LogP contribution in [0.25, 0.3) is 0 Å². The van der Waals surface area contributed by atoms with Gasteiger partial charge in [0.2, 0.25) is 10.0 Å². The Bertz CT molecular complexity index is 503. The molecule has 6 nitrogen and oxygen atoms in total. The molecular weight excluding hydrogens is 278 g/mol. The first kappa shape index (κ1) is 15.4. The molecule has 0 atom stereocenters. The van der Waals surface area contributed by atoms with Crippen molar-refractivity contribution < 1.29 is 12.9 Å². The zero-order valence-electron chi connectivity index (χ0n) is 10.4. The molecule has 1 aliphatic carbocycles. The van der Waals surface area contributed by atoms with Gasteiger partial charge in [-0.3, -0.25) is 0 Å². The number of nitrogens with two attached hydrogens (primary N) is 1. The Labute approximate surface area is 113 Å². The Morgan fingerprint density at radius 2 is 2.06 bits per heavy atom. The summed E-state index contributed by atoms with van der Waals surface area (Å²) < 4.78 is 31.5. The van der Waals surface area contributed by atoms with Gasteiger partial charge in [0.05, 0.1) is 0 Å². The van der Waals surface area contributed by atoms with Gasteiger partial charge in [-0.05, 0) is 33.1 Å². The van der Waals surface area contributed by atoms with E-state index >= 15 is 0 Å². The van der Waals surface area contributed by atoms with E-state index < -0.39 is 10.0 Å². The van der Waals surface area contributed by atoms with Crippen molar-refractivity contribution in [1.82, 2.24) is 9.88 Å². The van der Waals surface area contributed by atoms with Crippen LogP contribution in [-0.2, 0) is 10.0 Å². The molecule has 2 rings (SSSR count). The van der Waals surface area contributed by atoms with Gasteiger partial charge in [-0.1, -0.05) is 5.16 Å². The molecule has 0 aliphatic heterocycles. The highest BCUT2D eigenvalue weighted by atomic mass is 35.5. The van der Waals surface area contributed by atoms with Crippen LogP contribution < -0.4 is 10.5 Å². The van der Waals surface area contributed by atoms with Crippen LogP contribution in [0.1, 0.15) is 30.7 Å². The van der Waals surface area contributed by atoms with Crippen molar-refractivity contribution in [3.63, 3.8) is 0 Å². The van der Waals surface area contributed by atoms with Gasteiger partial charge in [-0.15, -0.1) is 12.4 Å². The van der Waals surface area contributed by atoms with Crippen molar-refractivity contribution in [3.8, 4) is 0 Å². The minimum absolute atomic E-state index is 0. The first-order valence-corrected chi connectivity index (χ1v) is 7.04. The minimum Gasteiger partial charge on any atom is -0.360 e. The predicted molar refractivity (Wildman–Crippen MR) is 69.2 cm³/mol. The molecule has 0 saturated heterocycles. The van der Waals surface area contributed by atoms with E-state index in [9.17, 15) is 8.42 Å². The van der Waals surface area contributed by atoms with E-state index in [2.05, 4.69) is 9.88 Å². The Balaban J connectivity index is 0.00000162. The van der Waals surface area contributed by atoms with E-state index in [1.165, 1.54) is 0 Å². The molecule has 1 fully saturated rings. The second-order valence-electron chi connectivity index (χ2n) is 4.69. The van der Waals surface area contributed by atoms with Crippen LogP contribution in [0.5, 0.6) is 0 Å². The summed E-state index contributed by atoms with van der Waals surface area (Å²) in [5.41, 5.74) is 5.96. The van der Waals surface area contributed by atoms with E-state index in [0.29, 0.717) is 11.5 Å². The van der Waals surface area contributed by atoms with E-state index in [-0.39, 0.29) is 29.4 Å². The summed E-state index contributed by atoms with van der Waals surface area (Å²) in [4.78, 5) is 0.125. The molecule has 3 N–H and O–H groups in total. The highest BCUT2D eigenvalue weighted by Crippen LogP contribution is 2.29. The minimum atomic E-state index is -3.57. The van der Waals surface area contributed by atoms with Crippen LogP contribution >= 0.6 is 12.4 Å². The lowest BCUT2D eigenvalue weighted by Crippen LogP contribution is -2.54. The second-order valence-corrected chi connectivity index (χ2v) is 6.40. The van der Waals surface area contributed by atoms with E-state index in [1.807, 2.05) is 0 Å². The smallest absolute Gasteiger partial charge is 0.246 e. The van der Waals surface area contributed by atoms with Gasteiger partial charge in [0.1, 0.15) is 10.6 Å². The van der Waals surface area contributed by atoms with Crippen molar-refractivity contribution in [3.05, 3.63) is 11.5 Å². The number of nitrogens with zero attached hydrogens (tertiary/aromatic N) is 1. The molecule has 0 amide bonds. The summed E-state index contributed by atoms with van der Waals surface area (Å²) in [5.74, 6) is 0.301. The van der Waals surface area contributed by atoms with E-state index in [1.54, 1.807) is 13.8 Å². The fourth-order valence-electron chi connectivity index (χ4n) is 1.98. The van der Waals surface area contributed by atoms with Crippen molar-refractivity contribution in [2.45, 2.75) is 43.5 Å². The molecule has 1 aromatic rings.